The normalized spacial score (nSPS) is 10.9. The van der Waals surface area contributed by atoms with Crippen molar-refractivity contribution in [2.24, 2.45) is 0 Å². The van der Waals surface area contributed by atoms with Crippen LogP contribution in [0.1, 0.15) is 15.9 Å². The minimum atomic E-state index is -0.362. The maximum absolute atomic E-state index is 13.6. The van der Waals surface area contributed by atoms with E-state index in [-0.39, 0.29) is 18.0 Å². The zero-order chi connectivity index (χ0) is 14.1. The number of hydrogen-bond donors (Lipinski definition) is 1. The minimum absolute atomic E-state index is 0.0339. The van der Waals surface area contributed by atoms with Gasteiger partial charge in [0.1, 0.15) is 5.82 Å². The largest absolute Gasteiger partial charge is 0.359 e. The molecule has 3 rings (SSSR count). The number of benzene rings is 2. The summed E-state index contributed by atoms with van der Waals surface area (Å²) in [6.07, 6.45) is 1.66. The fourth-order valence-electron chi connectivity index (χ4n) is 2.26. The maximum atomic E-state index is 13.6. The first-order valence-corrected chi connectivity index (χ1v) is 6.57. The van der Waals surface area contributed by atoms with Gasteiger partial charge in [-0.15, -0.1) is 0 Å². The highest BCUT2D eigenvalue weighted by molar-refractivity contribution is 6.35. The molecule has 0 atom stereocenters. The van der Waals surface area contributed by atoms with E-state index in [0.717, 1.165) is 10.9 Å². The molecule has 0 aliphatic carbocycles. The molecule has 0 amide bonds. The fraction of sp³-hybridized carbons (Fsp3) is 0.0625. The average molecular weight is 288 g/mol. The lowest BCUT2D eigenvalue weighted by atomic mass is 10.0. The Bertz CT molecular complexity index is 794. The van der Waals surface area contributed by atoms with Crippen molar-refractivity contribution in [3.8, 4) is 0 Å². The van der Waals surface area contributed by atoms with Gasteiger partial charge in [0, 0.05) is 23.6 Å². The standard InChI is InChI=1S/C16H11ClFNO/c17-13-6-3-5-11-12(9-19-16(11)13)15(20)8-10-4-1-2-7-14(10)18/h1-7,9,19H,8H2. The van der Waals surface area contributed by atoms with Crippen LogP contribution in [-0.2, 0) is 6.42 Å². The number of ketones is 1. The molecular formula is C16H11ClFNO. The number of nitrogens with one attached hydrogen (secondary N) is 1. The molecule has 4 heteroatoms. The van der Waals surface area contributed by atoms with E-state index in [1.807, 2.05) is 6.07 Å². The summed E-state index contributed by atoms with van der Waals surface area (Å²) in [7, 11) is 0. The lowest BCUT2D eigenvalue weighted by molar-refractivity contribution is 0.0993. The van der Waals surface area contributed by atoms with E-state index in [9.17, 15) is 9.18 Å². The number of hydrogen-bond acceptors (Lipinski definition) is 1. The number of halogens is 2. The predicted octanol–water partition coefficient (Wildman–Crippen LogP) is 4.39. The second-order valence-corrected chi connectivity index (χ2v) is 4.96. The highest BCUT2D eigenvalue weighted by atomic mass is 35.5. The van der Waals surface area contributed by atoms with Crippen molar-refractivity contribution in [3.05, 3.63) is 70.6 Å². The highest BCUT2D eigenvalue weighted by Gasteiger charge is 2.15. The van der Waals surface area contributed by atoms with Gasteiger partial charge in [-0.25, -0.2) is 4.39 Å². The van der Waals surface area contributed by atoms with Crippen LogP contribution in [0.2, 0.25) is 5.02 Å². The SMILES string of the molecule is O=C(Cc1ccccc1F)c1c[nH]c2c(Cl)cccc12. The molecule has 1 N–H and O–H groups in total. The van der Waals surface area contributed by atoms with Crippen molar-refractivity contribution in [2.75, 3.05) is 0 Å². The molecular weight excluding hydrogens is 277 g/mol. The van der Waals surface area contributed by atoms with Gasteiger partial charge in [-0.05, 0) is 17.7 Å². The third-order valence-electron chi connectivity index (χ3n) is 3.27. The first kappa shape index (κ1) is 12.9. The third kappa shape index (κ3) is 2.21. The van der Waals surface area contributed by atoms with Gasteiger partial charge in [-0.1, -0.05) is 41.9 Å². The highest BCUT2D eigenvalue weighted by Crippen LogP contribution is 2.26. The first-order valence-electron chi connectivity index (χ1n) is 6.19. The number of carbonyl (C=O) groups is 1. The van der Waals surface area contributed by atoms with E-state index in [4.69, 9.17) is 11.6 Å². The first-order chi connectivity index (χ1) is 9.66. The van der Waals surface area contributed by atoms with E-state index in [0.29, 0.717) is 16.1 Å². The molecule has 20 heavy (non-hydrogen) atoms. The summed E-state index contributed by atoms with van der Waals surface area (Å²) in [6.45, 7) is 0. The van der Waals surface area contributed by atoms with Crippen LogP contribution < -0.4 is 0 Å². The fourth-order valence-corrected chi connectivity index (χ4v) is 2.49. The second kappa shape index (κ2) is 5.10. The van der Waals surface area contributed by atoms with E-state index < -0.39 is 0 Å². The van der Waals surface area contributed by atoms with Crippen LogP contribution in [0.15, 0.2) is 48.7 Å². The molecule has 2 nitrogen and oxygen atoms in total. The number of fused-ring (bicyclic) bond motifs is 1. The van der Waals surface area contributed by atoms with E-state index in [1.54, 1.807) is 36.5 Å². The van der Waals surface area contributed by atoms with Crippen LogP contribution in [0.4, 0.5) is 4.39 Å². The summed E-state index contributed by atoms with van der Waals surface area (Å²) < 4.78 is 13.6. The summed E-state index contributed by atoms with van der Waals surface area (Å²) in [5, 5.41) is 1.33. The topological polar surface area (TPSA) is 32.9 Å². The molecule has 0 unspecified atom stereocenters. The van der Waals surface area contributed by atoms with Gasteiger partial charge in [-0.3, -0.25) is 4.79 Å². The molecule has 2 aromatic carbocycles. The van der Waals surface area contributed by atoms with Crippen LogP contribution >= 0.6 is 11.6 Å². The van der Waals surface area contributed by atoms with Crippen molar-refractivity contribution in [1.29, 1.82) is 0 Å². The maximum Gasteiger partial charge on any atom is 0.169 e. The summed E-state index contributed by atoms with van der Waals surface area (Å²) in [4.78, 5) is 15.3. The van der Waals surface area contributed by atoms with Crippen LogP contribution in [0.3, 0.4) is 0 Å². The summed E-state index contributed by atoms with van der Waals surface area (Å²) in [5.74, 6) is -0.498. The van der Waals surface area contributed by atoms with Gasteiger partial charge >= 0.3 is 0 Å². The molecule has 0 bridgehead atoms. The van der Waals surface area contributed by atoms with Crippen molar-refractivity contribution in [3.63, 3.8) is 0 Å². The number of carbonyl (C=O) groups excluding carboxylic acids is 1. The quantitative estimate of drug-likeness (QED) is 0.712. The van der Waals surface area contributed by atoms with Gasteiger partial charge in [-0.2, -0.15) is 0 Å². The molecule has 1 heterocycles. The zero-order valence-electron chi connectivity index (χ0n) is 10.5. The van der Waals surface area contributed by atoms with Crippen LogP contribution in [0, 0.1) is 5.82 Å². The van der Waals surface area contributed by atoms with Gasteiger partial charge in [0.25, 0.3) is 0 Å². The van der Waals surface area contributed by atoms with Gasteiger partial charge in [0.2, 0.25) is 0 Å². The number of aromatic nitrogens is 1. The van der Waals surface area contributed by atoms with Crippen molar-refractivity contribution in [1.82, 2.24) is 4.98 Å². The van der Waals surface area contributed by atoms with Crippen molar-refractivity contribution < 1.29 is 9.18 Å². The molecule has 0 saturated carbocycles. The summed E-state index contributed by atoms with van der Waals surface area (Å²) in [5.41, 5.74) is 1.66. The monoisotopic (exact) mass is 287 g/mol. The van der Waals surface area contributed by atoms with Crippen molar-refractivity contribution >= 4 is 28.3 Å². The Morgan fingerprint density at radius 2 is 1.95 bits per heavy atom. The molecule has 1 aromatic heterocycles. The van der Waals surface area contributed by atoms with Gasteiger partial charge in [0.05, 0.1) is 10.5 Å². The van der Waals surface area contributed by atoms with Gasteiger partial charge < -0.3 is 4.98 Å². The Labute approximate surface area is 120 Å². The van der Waals surface area contributed by atoms with Crippen molar-refractivity contribution in [2.45, 2.75) is 6.42 Å². The number of Topliss-reactive ketones (excluding diaryl/α,β-unsaturated/α-hetero) is 1. The lowest BCUT2D eigenvalue weighted by Crippen LogP contribution is -2.04. The van der Waals surface area contributed by atoms with E-state index in [1.165, 1.54) is 6.07 Å². The number of aromatic amines is 1. The molecule has 0 aliphatic heterocycles. The third-order valence-corrected chi connectivity index (χ3v) is 3.59. The lowest BCUT2D eigenvalue weighted by Gasteiger charge is -2.02. The Morgan fingerprint density at radius 1 is 1.15 bits per heavy atom. The molecule has 0 aliphatic rings. The smallest absolute Gasteiger partial charge is 0.169 e. The zero-order valence-corrected chi connectivity index (χ0v) is 11.2. The summed E-state index contributed by atoms with van der Waals surface area (Å²) in [6, 6.07) is 11.7. The van der Waals surface area contributed by atoms with Crippen LogP contribution in [0.25, 0.3) is 10.9 Å². The Balaban J connectivity index is 1.98. The Hall–Kier alpha value is -2.13. The second-order valence-electron chi connectivity index (χ2n) is 4.56. The molecule has 0 radical (unpaired) electrons. The molecule has 0 spiro atoms. The van der Waals surface area contributed by atoms with Crippen LogP contribution in [0.5, 0.6) is 0 Å². The summed E-state index contributed by atoms with van der Waals surface area (Å²) >= 11 is 6.06. The Kier molecular flexibility index (Phi) is 3.28. The predicted molar refractivity (Wildman–Crippen MR) is 77.7 cm³/mol. The van der Waals surface area contributed by atoms with Gasteiger partial charge in [0.15, 0.2) is 5.78 Å². The number of para-hydroxylation sites is 1. The van der Waals surface area contributed by atoms with E-state index in [2.05, 4.69) is 4.98 Å². The van der Waals surface area contributed by atoms with E-state index >= 15 is 0 Å². The van der Waals surface area contributed by atoms with Crippen LogP contribution in [-0.4, -0.2) is 10.8 Å². The number of rotatable bonds is 3. The molecule has 0 saturated heterocycles. The average Bonchev–Trinajstić information content (AvgIpc) is 2.87. The minimum Gasteiger partial charge on any atom is -0.359 e. The molecule has 100 valence electrons. The molecule has 3 aromatic rings. The molecule has 0 fully saturated rings. The number of H-pyrrole nitrogens is 1. The Morgan fingerprint density at radius 3 is 2.75 bits per heavy atom.